The van der Waals surface area contributed by atoms with Crippen LogP contribution in [0.2, 0.25) is 0 Å². The van der Waals surface area contributed by atoms with Gasteiger partial charge in [-0.1, -0.05) is 19.1 Å². The van der Waals surface area contributed by atoms with Crippen LogP contribution in [0.1, 0.15) is 40.5 Å². The van der Waals surface area contributed by atoms with Gasteiger partial charge in [-0.2, -0.15) is 5.10 Å². The van der Waals surface area contributed by atoms with E-state index < -0.39 is 5.97 Å². The molecule has 0 bridgehead atoms. The molecule has 0 spiro atoms. The van der Waals surface area contributed by atoms with Crippen molar-refractivity contribution in [3.05, 3.63) is 57.0 Å². The second kappa shape index (κ2) is 6.56. The number of ether oxygens (including phenoxy) is 1. The molecule has 0 saturated heterocycles. The van der Waals surface area contributed by atoms with Crippen LogP contribution in [0.5, 0.6) is 5.75 Å². The van der Waals surface area contributed by atoms with E-state index in [1.54, 1.807) is 0 Å². The maximum atomic E-state index is 12.3. The van der Waals surface area contributed by atoms with Crippen molar-refractivity contribution in [3.63, 3.8) is 0 Å². The summed E-state index contributed by atoms with van der Waals surface area (Å²) < 4.78 is 6.78. The Hall–Kier alpha value is -2.43. The van der Waals surface area contributed by atoms with Crippen LogP contribution >= 0.6 is 0 Å². The number of carbonyl (C=O) groups is 1. The van der Waals surface area contributed by atoms with E-state index in [4.69, 9.17) is 4.74 Å². The molecule has 1 heterocycles. The molecule has 0 atom stereocenters. The quantitative estimate of drug-likeness (QED) is 0.643. The Kier molecular flexibility index (Phi) is 4.75. The van der Waals surface area contributed by atoms with Gasteiger partial charge in [-0.05, 0) is 49.9 Å². The molecule has 0 radical (unpaired) electrons. The summed E-state index contributed by atoms with van der Waals surface area (Å²) in [4.78, 5) is 23.9. The normalized spacial score (nSPS) is 10.5. The lowest BCUT2D eigenvalue weighted by Crippen LogP contribution is -2.25. The van der Waals surface area contributed by atoms with E-state index in [-0.39, 0.29) is 11.3 Å². The van der Waals surface area contributed by atoms with E-state index in [0.717, 1.165) is 23.1 Å². The minimum absolute atomic E-state index is 0.133. The fourth-order valence-corrected chi connectivity index (χ4v) is 2.16. The average Bonchev–Trinajstić information content (AvgIpc) is 2.50. The molecule has 0 aliphatic carbocycles. The number of hydrogen-bond donors (Lipinski definition) is 0. The standard InChI is InChI=1S/C17H20N2O3/c1-5-10-19-15(20)9-8-14(18-19)17(21)22-16-12(3)7-6-11(2)13(16)4/h6-9H,5,10H2,1-4H3. The number of nitrogens with zero attached hydrogens (tertiary/aromatic N) is 2. The molecule has 0 aliphatic rings. The maximum Gasteiger partial charge on any atom is 0.364 e. The Balaban J connectivity index is 2.32. The predicted octanol–water partition coefficient (Wildman–Crippen LogP) is 2.80. The van der Waals surface area contributed by atoms with Gasteiger partial charge in [0.2, 0.25) is 0 Å². The third-order valence-corrected chi connectivity index (χ3v) is 3.58. The van der Waals surface area contributed by atoms with Crippen molar-refractivity contribution in [3.8, 4) is 5.75 Å². The number of aromatic nitrogens is 2. The summed E-state index contributed by atoms with van der Waals surface area (Å²) in [6.07, 6.45) is 0.765. The van der Waals surface area contributed by atoms with Crippen molar-refractivity contribution in [2.24, 2.45) is 0 Å². The number of esters is 1. The first kappa shape index (κ1) is 15.9. The van der Waals surface area contributed by atoms with E-state index in [9.17, 15) is 9.59 Å². The van der Waals surface area contributed by atoms with Gasteiger partial charge in [-0.25, -0.2) is 9.48 Å². The summed E-state index contributed by atoms with van der Waals surface area (Å²) in [6, 6.07) is 6.64. The van der Waals surface area contributed by atoms with Crippen LogP contribution in [0.25, 0.3) is 0 Å². The second-order valence-corrected chi connectivity index (χ2v) is 5.32. The van der Waals surface area contributed by atoms with Crippen molar-refractivity contribution in [1.82, 2.24) is 9.78 Å². The summed E-state index contributed by atoms with van der Waals surface area (Å²) in [5.74, 6) is 0.00157. The van der Waals surface area contributed by atoms with E-state index >= 15 is 0 Å². The van der Waals surface area contributed by atoms with Gasteiger partial charge in [-0.15, -0.1) is 0 Å². The Bertz CT molecular complexity index is 763. The molecule has 0 N–H and O–H groups in total. The van der Waals surface area contributed by atoms with Crippen molar-refractivity contribution in [1.29, 1.82) is 0 Å². The fraction of sp³-hybridized carbons (Fsp3) is 0.353. The lowest BCUT2D eigenvalue weighted by molar-refractivity contribution is 0.0723. The molecule has 2 aromatic rings. The molecule has 116 valence electrons. The molecule has 1 aromatic heterocycles. The first-order chi connectivity index (χ1) is 10.4. The van der Waals surface area contributed by atoms with E-state index in [1.165, 1.54) is 16.8 Å². The number of aryl methyl sites for hydroxylation is 3. The first-order valence-electron chi connectivity index (χ1n) is 7.31. The van der Waals surface area contributed by atoms with Gasteiger partial charge in [0.05, 0.1) is 0 Å². The van der Waals surface area contributed by atoms with Gasteiger partial charge in [0.1, 0.15) is 5.75 Å². The molecule has 0 fully saturated rings. The van der Waals surface area contributed by atoms with Gasteiger partial charge < -0.3 is 4.74 Å². The first-order valence-corrected chi connectivity index (χ1v) is 7.31. The van der Waals surface area contributed by atoms with Crippen molar-refractivity contribution < 1.29 is 9.53 Å². The van der Waals surface area contributed by atoms with Crippen LogP contribution in [0.4, 0.5) is 0 Å². The molecule has 5 nitrogen and oxygen atoms in total. The molecule has 2 rings (SSSR count). The lowest BCUT2D eigenvalue weighted by Gasteiger charge is -2.12. The van der Waals surface area contributed by atoms with Crippen LogP contribution in [0, 0.1) is 20.8 Å². The van der Waals surface area contributed by atoms with Crippen LogP contribution in [0.3, 0.4) is 0 Å². The second-order valence-electron chi connectivity index (χ2n) is 5.32. The summed E-state index contributed by atoms with van der Waals surface area (Å²) in [6.45, 7) is 8.18. The number of hydrogen-bond acceptors (Lipinski definition) is 4. The number of rotatable bonds is 4. The maximum absolute atomic E-state index is 12.3. The third-order valence-electron chi connectivity index (χ3n) is 3.58. The minimum atomic E-state index is -0.554. The van der Waals surface area contributed by atoms with E-state index in [0.29, 0.717) is 12.3 Å². The molecule has 5 heteroatoms. The van der Waals surface area contributed by atoms with E-state index in [1.807, 2.05) is 39.8 Å². The lowest BCUT2D eigenvalue weighted by atomic mass is 10.1. The van der Waals surface area contributed by atoms with E-state index in [2.05, 4.69) is 5.10 Å². The highest BCUT2D eigenvalue weighted by Crippen LogP contribution is 2.26. The Morgan fingerprint density at radius 2 is 1.82 bits per heavy atom. The molecule has 0 amide bonds. The van der Waals surface area contributed by atoms with Crippen molar-refractivity contribution in [2.75, 3.05) is 0 Å². The van der Waals surface area contributed by atoms with Crippen LogP contribution in [-0.2, 0) is 6.54 Å². The van der Waals surface area contributed by atoms with Gasteiger partial charge in [0.15, 0.2) is 5.69 Å². The fourth-order valence-electron chi connectivity index (χ4n) is 2.16. The molecular formula is C17H20N2O3. The highest BCUT2D eigenvalue weighted by Gasteiger charge is 2.15. The summed E-state index contributed by atoms with van der Waals surface area (Å²) in [7, 11) is 0. The topological polar surface area (TPSA) is 61.2 Å². The van der Waals surface area contributed by atoms with Crippen LogP contribution < -0.4 is 10.3 Å². The monoisotopic (exact) mass is 300 g/mol. The molecule has 0 unspecified atom stereocenters. The highest BCUT2D eigenvalue weighted by atomic mass is 16.5. The molecule has 0 saturated carbocycles. The summed E-state index contributed by atoms with van der Waals surface area (Å²) >= 11 is 0. The van der Waals surface area contributed by atoms with Crippen molar-refractivity contribution >= 4 is 5.97 Å². The minimum Gasteiger partial charge on any atom is -0.421 e. The van der Waals surface area contributed by atoms with Gasteiger partial charge in [0.25, 0.3) is 5.56 Å². The molecule has 0 aliphatic heterocycles. The average molecular weight is 300 g/mol. The largest absolute Gasteiger partial charge is 0.421 e. The Morgan fingerprint density at radius 1 is 1.14 bits per heavy atom. The van der Waals surface area contributed by atoms with Gasteiger partial charge >= 0.3 is 5.97 Å². The van der Waals surface area contributed by atoms with Gasteiger partial charge in [0, 0.05) is 12.6 Å². The summed E-state index contributed by atoms with van der Waals surface area (Å²) in [5.41, 5.74) is 2.78. The molecule has 1 aromatic carbocycles. The zero-order valence-electron chi connectivity index (χ0n) is 13.3. The predicted molar refractivity (Wildman–Crippen MR) is 84.4 cm³/mol. The van der Waals surface area contributed by atoms with Crippen molar-refractivity contribution in [2.45, 2.75) is 40.7 Å². The van der Waals surface area contributed by atoms with Gasteiger partial charge in [-0.3, -0.25) is 4.79 Å². The molecule has 22 heavy (non-hydrogen) atoms. The zero-order chi connectivity index (χ0) is 16.3. The summed E-state index contributed by atoms with van der Waals surface area (Å²) in [5, 5.41) is 4.07. The SMILES string of the molecule is CCCn1nc(C(=O)Oc2c(C)ccc(C)c2C)ccc1=O. The third kappa shape index (κ3) is 3.24. The van der Waals surface area contributed by atoms with Crippen LogP contribution in [0.15, 0.2) is 29.1 Å². The van der Waals surface area contributed by atoms with Crippen LogP contribution in [-0.4, -0.2) is 15.7 Å². The smallest absolute Gasteiger partial charge is 0.364 e. The Morgan fingerprint density at radius 3 is 2.50 bits per heavy atom. The molecular weight excluding hydrogens is 280 g/mol. The zero-order valence-corrected chi connectivity index (χ0v) is 13.3. The Labute approximate surface area is 129 Å². The highest BCUT2D eigenvalue weighted by molar-refractivity contribution is 5.89. The number of carbonyl (C=O) groups excluding carboxylic acids is 1. The number of benzene rings is 1.